The van der Waals surface area contributed by atoms with E-state index in [-0.39, 0.29) is 22.4 Å². The third-order valence-corrected chi connectivity index (χ3v) is 14.1. The number of rotatable bonds is 25. The second-order valence-electron chi connectivity index (χ2n) is 19.7. The highest BCUT2D eigenvalue weighted by atomic mass is 16.7. The van der Waals surface area contributed by atoms with Gasteiger partial charge in [0.25, 0.3) is 0 Å². The highest BCUT2D eigenvalue weighted by Gasteiger charge is 2.53. The Morgan fingerprint density at radius 1 is 0.429 bits per heavy atom. The average molecular weight is 770 g/mol. The predicted molar refractivity (Wildman–Crippen MR) is 243 cm³/mol. The Morgan fingerprint density at radius 2 is 0.714 bits per heavy atom. The summed E-state index contributed by atoms with van der Waals surface area (Å²) >= 11 is 0. The maximum absolute atomic E-state index is 6.61. The third kappa shape index (κ3) is 11.3. The first-order valence-electron chi connectivity index (χ1n) is 23.5. The van der Waals surface area contributed by atoms with Crippen LogP contribution in [0.25, 0.3) is 21.8 Å². The Morgan fingerprint density at radius 3 is 1.02 bits per heavy atom. The molecule has 7 heteroatoms. The first-order chi connectivity index (χ1) is 26.7. The second-order valence-corrected chi connectivity index (χ2v) is 19.7. The lowest BCUT2D eigenvalue weighted by molar-refractivity contribution is 0.00578. The minimum absolute atomic E-state index is 0.384. The molecule has 5 nitrogen and oxygen atoms in total. The number of unbranched alkanes of at least 4 members (excludes halogenated alkanes) is 18. The van der Waals surface area contributed by atoms with Crippen LogP contribution in [0.5, 0.6) is 0 Å². The van der Waals surface area contributed by atoms with E-state index in [1.54, 1.807) is 0 Å². The van der Waals surface area contributed by atoms with Gasteiger partial charge in [0.1, 0.15) is 0 Å². The van der Waals surface area contributed by atoms with Gasteiger partial charge in [0.2, 0.25) is 0 Å². The molecule has 2 aliphatic heterocycles. The number of hydrogen-bond donors (Lipinski definition) is 0. The quantitative estimate of drug-likeness (QED) is 0.0636. The monoisotopic (exact) mass is 770 g/mol. The van der Waals surface area contributed by atoms with Gasteiger partial charge in [-0.1, -0.05) is 167 Å². The van der Waals surface area contributed by atoms with Crippen molar-refractivity contribution in [2.75, 3.05) is 0 Å². The summed E-state index contributed by atoms with van der Waals surface area (Å²) in [5.41, 5.74) is 3.25. The molecule has 0 atom stereocenters. The molecule has 0 unspecified atom stereocenters. The second kappa shape index (κ2) is 20.5. The zero-order chi connectivity index (χ0) is 40.4. The van der Waals surface area contributed by atoms with Crippen LogP contribution < -0.4 is 10.9 Å². The summed E-state index contributed by atoms with van der Waals surface area (Å²) in [5.74, 6) is 0. The molecular weight excluding hydrogens is 688 g/mol. The fourth-order valence-corrected chi connectivity index (χ4v) is 8.86. The molecule has 2 aliphatic rings. The van der Waals surface area contributed by atoms with Crippen molar-refractivity contribution >= 4 is 47.0 Å². The van der Waals surface area contributed by atoms with E-state index in [1.807, 2.05) is 0 Å². The van der Waals surface area contributed by atoms with Crippen LogP contribution in [0.1, 0.15) is 217 Å². The molecule has 56 heavy (non-hydrogen) atoms. The Hall–Kier alpha value is -1.79. The van der Waals surface area contributed by atoms with Crippen LogP contribution in [-0.4, -0.2) is 41.2 Å². The summed E-state index contributed by atoms with van der Waals surface area (Å²) < 4.78 is 29.2. The Balaban J connectivity index is 1.42. The lowest BCUT2D eigenvalue weighted by Gasteiger charge is -2.32. The topological polar surface area (TPSA) is 41.9 Å². The smallest absolute Gasteiger partial charge is 0.399 e. The van der Waals surface area contributed by atoms with Crippen molar-refractivity contribution in [2.24, 2.45) is 0 Å². The number of aromatic nitrogens is 1. The summed E-state index contributed by atoms with van der Waals surface area (Å²) in [6.07, 6.45) is 29.7. The highest BCUT2D eigenvalue weighted by Crippen LogP contribution is 2.40. The van der Waals surface area contributed by atoms with Crippen LogP contribution in [0.2, 0.25) is 0 Å². The summed E-state index contributed by atoms with van der Waals surface area (Å²) in [6, 6.07) is 14.3. The lowest BCUT2D eigenvalue weighted by atomic mass is 9.78. The molecular formula is C49H81B2NO4. The minimum Gasteiger partial charge on any atom is -0.399 e. The molecule has 0 bridgehead atoms. The summed E-state index contributed by atoms with van der Waals surface area (Å²) in [4.78, 5) is 0. The molecule has 0 radical (unpaired) electrons. The van der Waals surface area contributed by atoms with Gasteiger partial charge in [0.05, 0.1) is 22.4 Å². The largest absolute Gasteiger partial charge is 0.494 e. The predicted octanol–water partition coefficient (Wildman–Crippen LogP) is 13.6. The Labute approximate surface area is 344 Å². The minimum atomic E-state index is -0.390. The van der Waals surface area contributed by atoms with E-state index in [0.29, 0.717) is 6.04 Å². The summed E-state index contributed by atoms with van der Waals surface area (Å²) in [5, 5.41) is 2.61. The molecule has 5 rings (SSSR count). The van der Waals surface area contributed by atoms with Crippen LogP contribution in [-0.2, 0) is 18.6 Å². The summed E-state index contributed by atoms with van der Waals surface area (Å²) in [7, 11) is -0.780. The van der Waals surface area contributed by atoms with E-state index in [0.717, 1.165) is 10.9 Å². The van der Waals surface area contributed by atoms with E-state index in [1.165, 1.54) is 163 Å². The molecule has 3 heterocycles. The van der Waals surface area contributed by atoms with Crippen molar-refractivity contribution in [3.63, 3.8) is 0 Å². The van der Waals surface area contributed by atoms with E-state index < -0.39 is 14.2 Å². The maximum Gasteiger partial charge on any atom is 0.494 e. The van der Waals surface area contributed by atoms with Gasteiger partial charge in [-0.15, -0.1) is 0 Å². The molecule has 3 aromatic rings. The van der Waals surface area contributed by atoms with Crippen molar-refractivity contribution < 1.29 is 18.6 Å². The molecule has 0 spiro atoms. The zero-order valence-corrected chi connectivity index (χ0v) is 37.8. The normalized spacial score (nSPS) is 18.7. The number of hydrogen-bond acceptors (Lipinski definition) is 4. The van der Waals surface area contributed by atoms with Crippen molar-refractivity contribution in [3.05, 3.63) is 36.4 Å². The molecule has 0 saturated carbocycles. The molecule has 312 valence electrons. The first kappa shape index (κ1) is 45.3. The molecule has 0 amide bonds. The van der Waals surface area contributed by atoms with Gasteiger partial charge in [-0.25, -0.2) is 0 Å². The maximum atomic E-state index is 6.61. The Bertz CT molecular complexity index is 1490. The molecule has 2 fully saturated rings. The van der Waals surface area contributed by atoms with Crippen molar-refractivity contribution in [3.8, 4) is 0 Å². The van der Waals surface area contributed by atoms with Gasteiger partial charge in [0, 0.05) is 27.8 Å². The SMILES string of the molecule is CCCCCCCCCCCCC(CCCCCCCCCCCC)n1c2cc(B3OC(C)(C)C(C)(C)O3)ccc2c2ccc(B3OC(C)(C)C(C)(C)O3)cc21. The van der Waals surface area contributed by atoms with Crippen LogP contribution in [0.4, 0.5) is 0 Å². The molecule has 2 aromatic carbocycles. The number of benzene rings is 2. The van der Waals surface area contributed by atoms with Crippen LogP contribution >= 0.6 is 0 Å². The standard InChI is InChI=1S/C49H81B2NO4/c1-11-13-15-17-19-21-23-25-27-29-31-41(32-30-28-26-24-22-20-18-16-14-12-2)52-44-37-39(50-53-46(3,4)47(5,6)54-50)33-35-42(44)43-36-34-40(38-45(43)52)51-55-48(7,8)49(9,10)56-51/h33-38,41H,11-32H2,1-10H3. The zero-order valence-electron chi connectivity index (χ0n) is 37.8. The van der Waals surface area contributed by atoms with E-state index in [4.69, 9.17) is 18.6 Å². The molecule has 1 aromatic heterocycles. The van der Waals surface area contributed by atoms with E-state index in [2.05, 4.69) is 110 Å². The van der Waals surface area contributed by atoms with Gasteiger partial charge in [-0.2, -0.15) is 0 Å². The molecule has 2 saturated heterocycles. The fourth-order valence-electron chi connectivity index (χ4n) is 8.86. The van der Waals surface area contributed by atoms with Gasteiger partial charge in [0.15, 0.2) is 0 Å². The lowest BCUT2D eigenvalue weighted by Crippen LogP contribution is -2.41. The number of fused-ring (bicyclic) bond motifs is 3. The van der Waals surface area contributed by atoms with E-state index >= 15 is 0 Å². The van der Waals surface area contributed by atoms with Crippen LogP contribution in [0.3, 0.4) is 0 Å². The van der Waals surface area contributed by atoms with Gasteiger partial charge < -0.3 is 23.2 Å². The fraction of sp³-hybridized carbons (Fsp3) is 0.755. The van der Waals surface area contributed by atoms with Crippen molar-refractivity contribution in [2.45, 2.75) is 239 Å². The first-order valence-corrected chi connectivity index (χ1v) is 23.5. The van der Waals surface area contributed by atoms with Gasteiger partial charge in [-0.3, -0.25) is 0 Å². The highest BCUT2D eigenvalue weighted by molar-refractivity contribution is 6.63. The van der Waals surface area contributed by atoms with Crippen LogP contribution in [0.15, 0.2) is 36.4 Å². The van der Waals surface area contributed by atoms with E-state index in [9.17, 15) is 0 Å². The number of nitrogens with zero attached hydrogens (tertiary/aromatic N) is 1. The summed E-state index contributed by atoms with van der Waals surface area (Å²) in [6.45, 7) is 21.8. The third-order valence-electron chi connectivity index (χ3n) is 14.1. The van der Waals surface area contributed by atoms with Crippen molar-refractivity contribution in [1.29, 1.82) is 0 Å². The Kier molecular flexibility index (Phi) is 16.5. The molecule has 0 N–H and O–H groups in total. The van der Waals surface area contributed by atoms with Gasteiger partial charge >= 0.3 is 14.2 Å². The van der Waals surface area contributed by atoms with Crippen molar-refractivity contribution in [1.82, 2.24) is 4.57 Å². The van der Waals surface area contributed by atoms with Crippen LogP contribution in [0, 0.1) is 0 Å². The molecule has 0 aliphatic carbocycles. The average Bonchev–Trinajstić information content (AvgIpc) is 3.68. The van der Waals surface area contributed by atoms with Gasteiger partial charge in [-0.05, 0) is 91.3 Å².